The van der Waals surface area contributed by atoms with Crippen molar-refractivity contribution in [3.05, 3.63) is 0 Å². The Labute approximate surface area is 117 Å². The van der Waals surface area contributed by atoms with Gasteiger partial charge < -0.3 is 19.7 Å². The van der Waals surface area contributed by atoms with Crippen LogP contribution in [0.15, 0.2) is 0 Å². The highest BCUT2D eigenvalue weighted by Crippen LogP contribution is 2.42. The molecule has 0 aliphatic carbocycles. The molecule has 0 radical (unpaired) electrons. The molecule has 10 heteroatoms. The molecule has 0 saturated carbocycles. The molecule has 2 atom stereocenters. The van der Waals surface area contributed by atoms with Crippen LogP contribution in [0.25, 0.3) is 0 Å². The average molecular weight is 314 g/mol. The van der Waals surface area contributed by atoms with E-state index in [4.69, 9.17) is 4.74 Å². The molecule has 0 aromatic carbocycles. The molecule has 0 heterocycles. The normalized spacial score (nSPS) is 15.2. The first-order valence-corrected chi connectivity index (χ1v) is 7.46. The van der Waals surface area contributed by atoms with Crippen LogP contribution in [0.4, 0.5) is 0 Å². The van der Waals surface area contributed by atoms with Crippen molar-refractivity contribution in [2.24, 2.45) is 0 Å². The van der Waals surface area contributed by atoms with E-state index in [9.17, 15) is 19.0 Å². The third-order valence-corrected chi connectivity index (χ3v) is 2.87. The lowest BCUT2D eigenvalue weighted by Gasteiger charge is -2.18. The molecule has 0 rings (SSSR count). The Morgan fingerprint density at radius 1 is 1.20 bits per heavy atom. The summed E-state index contributed by atoms with van der Waals surface area (Å²) < 4.78 is 30.2. The number of likely N-dealkylation sites (N-methyl/N-ethyl adjacent to an activating group) is 1. The predicted octanol–water partition coefficient (Wildman–Crippen LogP) is -1.19. The second-order valence-electron chi connectivity index (χ2n) is 3.83. The Balaban J connectivity index is 4.24. The molecule has 0 aromatic heterocycles. The van der Waals surface area contributed by atoms with Crippen molar-refractivity contribution in [1.82, 2.24) is 0 Å². The lowest BCUT2D eigenvalue weighted by atomic mass is 10.4. The third-order valence-electron chi connectivity index (χ3n) is 1.89. The maximum Gasteiger partial charge on any atom is 0.472 e. The van der Waals surface area contributed by atoms with Crippen LogP contribution in [-0.2, 0) is 32.7 Å². The number of carbonyl (C=O) groups excluding carboxylic acids is 2. The number of nitrogens with two attached hydrogens (primary N) is 1. The van der Waals surface area contributed by atoms with E-state index in [0.717, 1.165) is 6.92 Å². The van der Waals surface area contributed by atoms with Gasteiger partial charge in [-0.3, -0.25) is 18.6 Å². The monoisotopic (exact) mass is 314 g/mol. The van der Waals surface area contributed by atoms with E-state index >= 15 is 0 Å². The number of ether oxygens (including phenoxy) is 2. The van der Waals surface area contributed by atoms with Crippen LogP contribution in [0.2, 0.25) is 0 Å². The van der Waals surface area contributed by atoms with E-state index in [1.165, 1.54) is 6.92 Å². The molecule has 118 valence electrons. The minimum atomic E-state index is -4.22. The molecule has 0 bridgehead atoms. The van der Waals surface area contributed by atoms with Crippen molar-refractivity contribution in [1.29, 1.82) is 0 Å². The van der Waals surface area contributed by atoms with Gasteiger partial charge in [0.25, 0.3) is 0 Å². The molecule has 0 aliphatic heterocycles. The second-order valence-corrected chi connectivity index (χ2v) is 5.28. The van der Waals surface area contributed by atoms with Crippen molar-refractivity contribution in [2.45, 2.75) is 20.0 Å². The van der Waals surface area contributed by atoms with Gasteiger partial charge in [-0.15, -0.1) is 0 Å². The van der Waals surface area contributed by atoms with Crippen molar-refractivity contribution in [2.75, 3.05) is 33.4 Å². The number of phosphoric acid groups is 1. The summed E-state index contributed by atoms with van der Waals surface area (Å²) in [5, 5.41) is 1.77. The topological polar surface area (TPSA) is 125 Å². The molecular weight excluding hydrogens is 293 g/mol. The number of phosphoric ester groups is 1. The van der Waals surface area contributed by atoms with Crippen LogP contribution in [0.1, 0.15) is 13.8 Å². The first-order chi connectivity index (χ1) is 9.26. The summed E-state index contributed by atoms with van der Waals surface area (Å²) in [6, 6.07) is 0. The van der Waals surface area contributed by atoms with Crippen LogP contribution in [0.3, 0.4) is 0 Å². The van der Waals surface area contributed by atoms with Crippen LogP contribution in [-0.4, -0.2) is 56.3 Å². The van der Waals surface area contributed by atoms with Gasteiger partial charge in [0.05, 0.1) is 20.2 Å². The maximum absolute atomic E-state index is 11.5. The Morgan fingerprint density at radius 3 is 2.35 bits per heavy atom. The highest BCUT2D eigenvalue weighted by molar-refractivity contribution is 7.47. The van der Waals surface area contributed by atoms with Crippen molar-refractivity contribution < 1.29 is 42.9 Å². The van der Waals surface area contributed by atoms with Crippen molar-refractivity contribution in [3.8, 4) is 0 Å². The summed E-state index contributed by atoms with van der Waals surface area (Å²) in [6.07, 6.45) is -0.974. The minimum Gasteiger partial charge on any atom is -0.462 e. The molecular formula is C10H21NO8P+. The lowest BCUT2D eigenvalue weighted by Crippen LogP contribution is -2.80. The van der Waals surface area contributed by atoms with Gasteiger partial charge in [-0.05, 0) is 0 Å². The van der Waals surface area contributed by atoms with Gasteiger partial charge in [0.15, 0.2) is 6.10 Å². The Morgan fingerprint density at radius 2 is 1.85 bits per heavy atom. The molecule has 0 aliphatic rings. The minimum absolute atomic E-state index is 0.0342. The molecule has 0 spiro atoms. The first-order valence-electron chi connectivity index (χ1n) is 5.97. The van der Waals surface area contributed by atoms with Gasteiger partial charge in [0.2, 0.25) is 0 Å². The summed E-state index contributed by atoms with van der Waals surface area (Å²) in [5.41, 5.74) is 0. The zero-order valence-electron chi connectivity index (χ0n) is 11.7. The number of hydrogen-bond acceptors (Lipinski definition) is 7. The van der Waals surface area contributed by atoms with Gasteiger partial charge >= 0.3 is 19.8 Å². The van der Waals surface area contributed by atoms with E-state index in [-0.39, 0.29) is 13.2 Å². The number of rotatable bonds is 10. The van der Waals surface area contributed by atoms with E-state index in [2.05, 4.69) is 13.8 Å². The Hall–Kier alpha value is -0.990. The zero-order valence-corrected chi connectivity index (χ0v) is 12.6. The molecule has 0 saturated heterocycles. The van der Waals surface area contributed by atoms with Crippen LogP contribution >= 0.6 is 7.82 Å². The summed E-state index contributed by atoms with van der Waals surface area (Å²) in [6.45, 7) is 2.19. The number of quaternary nitrogens is 1. The molecule has 0 amide bonds. The van der Waals surface area contributed by atoms with E-state index in [1.807, 2.05) is 0 Å². The van der Waals surface area contributed by atoms with Gasteiger partial charge in [0, 0.05) is 13.8 Å². The van der Waals surface area contributed by atoms with E-state index < -0.39 is 32.5 Å². The third kappa shape index (κ3) is 10.9. The number of esters is 2. The largest absolute Gasteiger partial charge is 0.472 e. The second kappa shape index (κ2) is 9.84. The molecule has 9 nitrogen and oxygen atoms in total. The van der Waals surface area contributed by atoms with Crippen LogP contribution < -0.4 is 5.32 Å². The maximum atomic E-state index is 11.5. The molecule has 0 aromatic rings. The number of carbonyl (C=O) groups is 2. The van der Waals surface area contributed by atoms with Crippen molar-refractivity contribution in [3.63, 3.8) is 0 Å². The number of hydrogen-bond donors (Lipinski definition) is 2. The fraction of sp³-hybridized carbons (Fsp3) is 0.800. The highest BCUT2D eigenvalue weighted by atomic mass is 31.2. The zero-order chi connectivity index (χ0) is 15.6. The average Bonchev–Trinajstić information content (AvgIpc) is 2.32. The SMILES string of the molecule is C[NH2+]CCOP(=O)(O)OCC(COC(C)=O)OC(C)=O. The summed E-state index contributed by atoms with van der Waals surface area (Å²) in [5.74, 6) is -1.19. The summed E-state index contributed by atoms with van der Waals surface area (Å²) in [4.78, 5) is 30.9. The van der Waals surface area contributed by atoms with Crippen LogP contribution in [0, 0.1) is 0 Å². The van der Waals surface area contributed by atoms with Gasteiger partial charge in [-0.25, -0.2) is 4.57 Å². The van der Waals surface area contributed by atoms with Crippen molar-refractivity contribution >= 4 is 19.8 Å². The van der Waals surface area contributed by atoms with E-state index in [1.54, 1.807) is 12.4 Å². The van der Waals surface area contributed by atoms with Gasteiger partial charge in [-0.2, -0.15) is 0 Å². The lowest BCUT2D eigenvalue weighted by molar-refractivity contribution is -0.627. The Kier molecular flexibility index (Phi) is 9.35. The summed E-state index contributed by atoms with van der Waals surface area (Å²) in [7, 11) is -2.44. The molecule has 3 N–H and O–H groups in total. The standard InChI is InChI=1S/C10H20NO8P/c1-8(12)16-6-10(19-9(2)13)7-18-20(14,15)17-5-4-11-3/h10-11H,4-7H2,1-3H3,(H,14,15)/p+1. The van der Waals surface area contributed by atoms with E-state index in [0.29, 0.717) is 6.54 Å². The molecule has 0 fully saturated rings. The molecule has 2 unspecified atom stereocenters. The first kappa shape index (κ1) is 19.0. The van der Waals surface area contributed by atoms with Gasteiger partial charge in [0.1, 0.15) is 13.2 Å². The molecule has 20 heavy (non-hydrogen) atoms. The highest BCUT2D eigenvalue weighted by Gasteiger charge is 2.25. The fourth-order valence-corrected chi connectivity index (χ4v) is 1.83. The van der Waals surface area contributed by atoms with Crippen LogP contribution in [0.5, 0.6) is 0 Å². The fourth-order valence-electron chi connectivity index (χ4n) is 1.06. The van der Waals surface area contributed by atoms with Gasteiger partial charge in [-0.1, -0.05) is 0 Å². The smallest absolute Gasteiger partial charge is 0.462 e. The summed E-state index contributed by atoms with van der Waals surface area (Å²) >= 11 is 0. The Bertz CT molecular complexity index is 361. The quantitative estimate of drug-likeness (QED) is 0.293. The predicted molar refractivity (Wildman–Crippen MR) is 66.6 cm³/mol.